The zero-order valence-corrected chi connectivity index (χ0v) is 8.91. The fraction of sp³-hybridized carbons (Fsp3) is 0.900. The van der Waals surface area contributed by atoms with Crippen LogP contribution in [0, 0.1) is 0 Å². The first kappa shape index (κ1) is 11.5. The Labute approximate surface area is 84.7 Å². The summed E-state index contributed by atoms with van der Waals surface area (Å²) in [6.45, 7) is 2.80. The van der Waals surface area contributed by atoms with E-state index >= 15 is 0 Å². The molecule has 1 saturated carbocycles. The molecule has 0 aliphatic heterocycles. The maximum atomic E-state index is 11.4. The highest BCUT2D eigenvalue weighted by atomic mass is 16.5. The Balaban J connectivity index is 2.42. The molecule has 2 N–H and O–H groups in total. The van der Waals surface area contributed by atoms with E-state index in [-0.39, 0.29) is 12.1 Å². The summed E-state index contributed by atoms with van der Waals surface area (Å²) in [6, 6.07) is 0. The molecule has 1 aliphatic rings. The maximum Gasteiger partial charge on any atom is 0.325 e. The minimum absolute atomic E-state index is 0.124. The van der Waals surface area contributed by atoms with Gasteiger partial charge < -0.3 is 15.2 Å². The van der Waals surface area contributed by atoms with Gasteiger partial charge in [0.1, 0.15) is 5.54 Å². The standard InChI is InChI=1S/C10H19NO3/c1-3-6-14-8-4-5-10(11,7-8)9(12)13-2/h8H,3-7,11H2,1-2H3. The molecule has 0 heterocycles. The van der Waals surface area contributed by atoms with Gasteiger partial charge in [0.25, 0.3) is 0 Å². The van der Waals surface area contributed by atoms with Crippen LogP contribution in [-0.2, 0) is 14.3 Å². The second-order valence-electron chi connectivity index (χ2n) is 3.88. The van der Waals surface area contributed by atoms with Crippen LogP contribution in [0.1, 0.15) is 32.6 Å². The number of carbonyl (C=O) groups excluding carboxylic acids is 1. The van der Waals surface area contributed by atoms with Crippen LogP contribution in [0.4, 0.5) is 0 Å². The molecule has 1 aliphatic carbocycles. The third-order valence-corrected chi connectivity index (χ3v) is 2.65. The van der Waals surface area contributed by atoms with Crippen LogP contribution in [-0.4, -0.2) is 31.3 Å². The molecule has 0 aromatic rings. The van der Waals surface area contributed by atoms with Crippen molar-refractivity contribution in [2.75, 3.05) is 13.7 Å². The molecule has 0 aromatic carbocycles. The molecule has 1 rings (SSSR count). The van der Waals surface area contributed by atoms with Crippen LogP contribution in [0.15, 0.2) is 0 Å². The predicted molar refractivity (Wildman–Crippen MR) is 52.8 cm³/mol. The Hall–Kier alpha value is -0.610. The lowest BCUT2D eigenvalue weighted by Crippen LogP contribution is -2.46. The van der Waals surface area contributed by atoms with Gasteiger partial charge in [-0.3, -0.25) is 4.79 Å². The molecule has 0 aromatic heterocycles. The first-order valence-corrected chi connectivity index (χ1v) is 5.11. The van der Waals surface area contributed by atoms with Crippen LogP contribution in [0.25, 0.3) is 0 Å². The molecule has 0 saturated heterocycles. The molecule has 0 spiro atoms. The summed E-state index contributed by atoms with van der Waals surface area (Å²) < 4.78 is 10.2. The highest BCUT2D eigenvalue weighted by Crippen LogP contribution is 2.30. The van der Waals surface area contributed by atoms with Crippen LogP contribution >= 0.6 is 0 Å². The summed E-state index contributed by atoms with van der Waals surface area (Å²) in [6.07, 6.45) is 3.21. The van der Waals surface area contributed by atoms with Gasteiger partial charge in [-0.2, -0.15) is 0 Å². The number of esters is 1. The lowest BCUT2D eigenvalue weighted by atomic mass is 10.00. The molecule has 0 amide bonds. The molecule has 4 heteroatoms. The minimum Gasteiger partial charge on any atom is -0.468 e. The summed E-state index contributed by atoms with van der Waals surface area (Å²) in [5.41, 5.74) is 5.11. The van der Waals surface area contributed by atoms with Gasteiger partial charge in [-0.25, -0.2) is 0 Å². The number of hydrogen-bond acceptors (Lipinski definition) is 4. The van der Waals surface area contributed by atoms with Gasteiger partial charge in [0.15, 0.2) is 0 Å². The van der Waals surface area contributed by atoms with E-state index in [4.69, 9.17) is 10.5 Å². The quantitative estimate of drug-likeness (QED) is 0.684. The van der Waals surface area contributed by atoms with Crippen molar-refractivity contribution >= 4 is 5.97 Å². The minimum atomic E-state index is -0.812. The number of hydrogen-bond donors (Lipinski definition) is 1. The van der Waals surface area contributed by atoms with Crippen molar-refractivity contribution in [2.24, 2.45) is 5.73 Å². The van der Waals surface area contributed by atoms with Crippen molar-refractivity contribution in [1.29, 1.82) is 0 Å². The number of methoxy groups -OCH3 is 1. The van der Waals surface area contributed by atoms with Crippen molar-refractivity contribution < 1.29 is 14.3 Å². The normalized spacial score (nSPS) is 31.8. The first-order valence-electron chi connectivity index (χ1n) is 5.11. The smallest absolute Gasteiger partial charge is 0.325 e. The molecule has 0 bridgehead atoms. The number of carbonyl (C=O) groups is 1. The average molecular weight is 201 g/mol. The van der Waals surface area contributed by atoms with Crippen molar-refractivity contribution in [2.45, 2.75) is 44.2 Å². The molecular formula is C10H19NO3. The largest absolute Gasteiger partial charge is 0.468 e. The van der Waals surface area contributed by atoms with Gasteiger partial charge in [-0.15, -0.1) is 0 Å². The Bertz CT molecular complexity index is 208. The highest BCUT2D eigenvalue weighted by molar-refractivity contribution is 5.80. The monoisotopic (exact) mass is 201 g/mol. The van der Waals surface area contributed by atoms with Crippen molar-refractivity contribution in [1.82, 2.24) is 0 Å². The van der Waals surface area contributed by atoms with Gasteiger partial charge in [-0.05, 0) is 19.3 Å². The molecule has 1 fully saturated rings. The van der Waals surface area contributed by atoms with Crippen molar-refractivity contribution in [3.63, 3.8) is 0 Å². The van der Waals surface area contributed by atoms with Gasteiger partial charge in [0.05, 0.1) is 13.2 Å². The second kappa shape index (κ2) is 4.75. The van der Waals surface area contributed by atoms with E-state index in [1.807, 2.05) is 0 Å². The summed E-state index contributed by atoms with van der Waals surface area (Å²) in [5.74, 6) is -0.319. The molecule has 2 unspecified atom stereocenters. The van der Waals surface area contributed by atoms with Crippen molar-refractivity contribution in [3.05, 3.63) is 0 Å². The van der Waals surface area contributed by atoms with Crippen LogP contribution < -0.4 is 5.73 Å². The molecule has 4 nitrogen and oxygen atoms in total. The van der Waals surface area contributed by atoms with E-state index in [0.717, 1.165) is 19.4 Å². The summed E-state index contributed by atoms with van der Waals surface area (Å²) in [4.78, 5) is 11.4. The Kier molecular flexibility index (Phi) is 3.89. The van der Waals surface area contributed by atoms with Crippen molar-refractivity contribution in [3.8, 4) is 0 Å². The number of ether oxygens (including phenoxy) is 2. The fourth-order valence-corrected chi connectivity index (χ4v) is 1.84. The fourth-order valence-electron chi connectivity index (χ4n) is 1.84. The summed E-state index contributed by atoms with van der Waals surface area (Å²) in [5, 5.41) is 0. The topological polar surface area (TPSA) is 61.5 Å². The third-order valence-electron chi connectivity index (χ3n) is 2.65. The number of nitrogens with two attached hydrogens (primary N) is 1. The van der Waals surface area contributed by atoms with Crippen LogP contribution in [0.3, 0.4) is 0 Å². The third kappa shape index (κ3) is 2.45. The molecular weight excluding hydrogens is 182 g/mol. The van der Waals surface area contributed by atoms with E-state index in [1.165, 1.54) is 7.11 Å². The Morgan fingerprint density at radius 1 is 1.64 bits per heavy atom. The molecule has 82 valence electrons. The maximum absolute atomic E-state index is 11.4. The van der Waals surface area contributed by atoms with Gasteiger partial charge in [0, 0.05) is 13.0 Å². The molecule has 0 radical (unpaired) electrons. The van der Waals surface area contributed by atoms with E-state index in [9.17, 15) is 4.79 Å². The van der Waals surface area contributed by atoms with E-state index in [1.54, 1.807) is 0 Å². The van der Waals surface area contributed by atoms with E-state index in [0.29, 0.717) is 12.8 Å². The Morgan fingerprint density at radius 3 is 2.93 bits per heavy atom. The summed E-state index contributed by atoms with van der Waals surface area (Å²) in [7, 11) is 1.37. The lowest BCUT2D eigenvalue weighted by molar-refractivity contribution is -0.147. The Morgan fingerprint density at radius 2 is 2.36 bits per heavy atom. The predicted octanol–water partition coefficient (Wildman–Crippen LogP) is 0.836. The molecule has 14 heavy (non-hydrogen) atoms. The van der Waals surface area contributed by atoms with Gasteiger partial charge in [-0.1, -0.05) is 6.92 Å². The first-order chi connectivity index (χ1) is 6.62. The average Bonchev–Trinajstić information content (AvgIpc) is 2.57. The zero-order valence-electron chi connectivity index (χ0n) is 8.91. The van der Waals surface area contributed by atoms with E-state index < -0.39 is 5.54 Å². The summed E-state index contributed by atoms with van der Waals surface area (Å²) >= 11 is 0. The highest BCUT2D eigenvalue weighted by Gasteiger charge is 2.43. The number of rotatable bonds is 4. The van der Waals surface area contributed by atoms with Crippen LogP contribution in [0.5, 0.6) is 0 Å². The van der Waals surface area contributed by atoms with E-state index in [2.05, 4.69) is 11.7 Å². The van der Waals surface area contributed by atoms with Crippen LogP contribution in [0.2, 0.25) is 0 Å². The lowest BCUT2D eigenvalue weighted by Gasteiger charge is -2.20. The second-order valence-corrected chi connectivity index (χ2v) is 3.88. The SMILES string of the molecule is CCCOC1CCC(N)(C(=O)OC)C1. The van der Waals surface area contributed by atoms with Gasteiger partial charge >= 0.3 is 5.97 Å². The zero-order chi connectivity index (χ0) is 10.6. The van der Waals surface area contributed by atoms with Gasteiger partial charge in [0.2, 0.25) is 0 Å². The molecule has 2 atom stereocenters.